The van der Waals surface area contributed by atoms with Crippen molar-refractivity contribution in [2.45, 2.75) is 19.8 Å². The normalized spacial score (nSPS) is 9.79. The molecular formula is C11H12O3. The van der Waals surface area contributed by atoms with Gasteiger partial charge in [-0.25, -0.2) is 0 Å². The van der Waals surface area contributed by atoms with Gasteiger partial charge in [0.1, 0.15) is 6.29 Å². The lowest BCUT2D eigenvalue weighted by molar-refractivity contribution is -0.136. The maximum atomic E-state index is 10.7. The average molecular weight is 192 g/mol. The first-order valence-corrected chi connectivity index (χ1v) is 4.40. The van der Waals surface area contributed by atoms with Gasteiger partial charge in [-0.15, -0.1) is 0 Å². The predicted molar refractivity (Wildman–Crippen MR) is 52.5 cm³/mol. The monoisotopic (exact) mass is 192 g/mol. The van der Waals surface area contributed by atoms with Gasteiger partial charge in [0.15, 0.2) is 0 Å². The van der Waals surface area contributed by atoms with Crippen LogP contribution in [-0.2, 0) is 11.2 Å². The third kappa shape index (κ3) is 2.69. The molecule has 0 aliphatic rings. The summed E-state index contributed by atoms with van der Waals surface area (Å²) in [5.41, 5.74) is 2.39. The minimum Gasteiger partial charge on any atom is -0.481 e. The van der Waals surface area contributed by atoms with E-state index in [-0.39, 0.29) is 6.42 Å². The lowest BCUT2D eigenvalue weighted by Crippen LogP contribution is -2.00. The molecule has 1 N–H and O–H groups in total. The number of aldehydes is 1. The van der Waals surface area contributed by atoms with E-state index in [1.807, 2.05) is 19.1 Å². The third-order valence-electron chi connectivity index (χ3n) is 2.04. The fourth-order valence-corrected chi connectivity index (χ4v) is 1.29. The van der Waals surface area contributed by atoms with Crippen LogP contribution in [0.25, 0.3) is 0 Å². The van der Waals surface area contributed by atoms with E-state index in [2.05, 4.69) is 0 Å². The molecular weight excluding hydrogens is 180 g/mol. The number of carboxylic acid groups (broad SMARTS) is 1. The summed E-state index contributed by atoms with van der Waals surface area (Å²) in [6.07, 6.45) is 1.23. The molecule has 0 spiro atoms. The fourth-order valence-electron chi connectivity index (χ4n) is 1.29. The quantitative estimate of drug-likeness (QED) is 0.740. The zero-order chi connectivity index (χ0) is 10.6. The second-order valence-corrected chi connectivity index (χ2v) is 3.21. The molecule has 1 aromatic carbocycles. The number of hydrogen-bond donors (Lipinski definition) is 1. The molecule has 74 valence electrons. The van der Waals surface area contributed by atoms with E-state index in [0.29, 0.717) is 12.0 Å². The van der Waals surface area contributed by atoms with Crippen LogP contribution in [0.3, 0.4) is 0 Å². The Kier molecular flexibility index (Phi) is 3.40. The first kappa shape index (κ1) is 10.4. The maximum absolute atomic E-state index is 10.7. The number of carboxylic acids is 1. The summed E-state index contributed by atoms with van der Waals surface area (Å²) in [5.74, 6) is -0.845. The number of aliphatic carboxylic acids is 1. The Morgan fingerprint density at radius 3 is 2.79 bits per heavy atom. The van der Waals surface area contributed by atoms with Gasteiger partial charge >= 0.3 is 5.97 Å². The highest BCUT2D eigenvalue weighted by atomic mass is 16.4. The van der Waals surface area contributed by atoms with E-state index in [1.54, 1.807) is 6.07 Å². The Balaban J connectivity index is 2.85. The third-order valence-corrected chi connectivity index (χ3v) is 2.04. The van der Waals surface area contributed by atoms with Crippen LogP contribution < -0.4 is 0 Å². The Morgan fingerprint density at radius 1 is 1.50 bits per heavy atom. The number of carbonyl (C=O) groups excluding carboxylic acids is 1. The highest BCUT2D eigenvalue weighted by molar-refractivity contribution is 5.78. The van der Waals surface area contributed by atoms with E-state index in [1.165, 1.54) is 0 Å². The molecule has 0 fully saturated rings. The number of hydrogen-bond acceptors (Lipinski definition) is 2. The van der Waals surface area contributed by atoms with Crippen molar-refractivity contribution in [2.24, 2.45) is 0 Å². The van der Waals surface area contributed by atoms with Crippen LogP contribution in [0.1, 0.15) is 27.9 Å². The van der Waals surface area contributed by atoms with Crippen LogP contribution in [0.2, 0.25) is 0 Å². The molecule has 0 aliphatic heterocycles. The molecule has 0 amide bonds. The molecule has 0 saturated heterocycles. The van der Waals surface area contributed by atoms with Crippen molar-refractivity contribution < 1.29 is 14.7 Å². The molecule has 3 nitrogen and oxygen atoms in total. The Labute approximate surface area is 82.4 Å². The van der Waals surface area contributed by atoms with Crippen LogP contribution in [0, 0.1) is 6.92 Å². The summed E-state index contributed by atoms with van der Waals surface area (Å²) >= 11 is 0. The standard InChI is InChI=1S/C11H12O3/c1-8-2-3-9(4-5-11(13)14)10(6-8)7-12/h2-3,6-7H,4-5H2,1H3,(H,13,14). The van der Waals surface area contributed by atoms with Gasteiger partial charge in [0.25, 0.3) is 0 Å². The summed E-state index contributed by atoms with van der Waals surface area (Å²) in [5, 5.41) is 8.50. The minimum atomic E-state index is -0.845. The molecule has 0 bridgehead atoms. The maximum Gasteiger partial charge on any atom is 0.303 e. The molecule has 0 atom stereocenters. The summed E-state index contributed by atoms with van der Waals surface area (Å²) in [6.45, 7) is 1.90. The Hall–Kier alpha value is -1.64. The van der Waals surface area contributed by atoms with Crippen LogP contribution >= 0.6 is 0 Å². The highest BCUT2D eigenvalue weighted by Crippen LogP contribution is 2.11. The van der Waals surface area contributed by atoms with E-state index >= 15 is 0 Å². The second-order valence-electron chi connectivity index (χ2n) is 3.21. The fraction of sp³-hybridized carbons (Fsp3) is 0.273. The van der Waals surface area contributed by atoms with Crippen LogP contribution in [0.4, 0.5) is 0 Å². The number of rotatable bonds is 4. The van der Waals surface area contributed by atoms with Gasteiger partial charge < -0.3 is 5.11 Å². The van der Waals surface area contributed by atoms with Crippen molar-refractivity contribution in [3.05, 3.63) is 34.9 Å². The zero-order valence-electron chi connectivity index (χ0n) is 7.99. The first-order chi connectivity index (χ1) is 6.63. The molecule has 3 heteroatoms. The summed E-state index contributed by atoms with van der Waals surface area (Å²) < 4.78 is 0. The van der Waals surface area contributed by atoms with E-state index in [0.717, 1.165) is 17.4 Å². The van der Waals surface area contributed by atoms with Gasteiger partial charge in [-0.1, -0.05) is 17.7 Å². The van der Waals surface area contributed by atoms with Gasteiger partial charge in [-0.3, -0.25) is 9.59 Å². The van der Waals surface area contributed by atoms with Gasteiger partial charge in [-0.2, -0.15) is 0 Å². The minimum absolute atomic E-state index is 0.0594. The smallest absolute Gasteiger partial charge is 0.303 e. The molecule has 0 aliphatic carbocycles. The molecule has 1 aromatic rings. The SMILES string of the molecule is Cc1ccc(CCC(=O)O)c(C=O)c1. The van der Waals surface area contributed by atoms with Crippen molar-refractivity contribution in [1.82, 2.24) is 0 Å². The highest BCUT2D eigenvalue weighted by Gasteiger charge is 2.04. The molecule has 0 saturated carbocycles. The van der Waals surface area contributed by atoms with Crippen molar-refractivity contribution >= 4 is 12.3 Å². The number of aryl methyl sites for hydroxylation is 2. The first-order valence-electron chi connectivity index (χ1n) is 4.40. The zero-order valence-corrected chi connectivity index (χ0v) is 7.99. The topological polar surface area (TPSA) is 54.4 Å². The van der Waals surface area contributed by atoms with E-state index in [9.17, 15) is 9.59 Å². The summed E-state index contributed by atoms with van der Waals surface area (Å²) in [6, 6.07) is 5.45. The molecule has 1 rings (SSSR count). The second kappa shape index (κ2) is 4.56. The number of benzene rings is 1. The lowest BCUT2D eigenvalue weighted by Gasteiger charge is -2.03. The van der Waals surface area contributed by atoms with Crippen molar-refractivity contribution in [1.29, 1.82) is 0 Å². The summed E-state index contributed by atoms with van der Waals surface area (Å²) in [4.78, 5) is 21.0. The molecule has 14 heavy (non-hydrogen) atoms. The lowest BCUT2D eigenvalue weighted by atomic mass is 10.0. The Morgan fingerprint density at radius 2 is 2.21 bits per heavy atom. The Bertz CT molecular complexity index is 356. The van der Waals surface area contributed by atoms with Gasteiger partial charge in [0.05, 0.1) is 0 Å². The van der Waals surface area contributed by atoms with Crippen molar-refractivity contribution in [3.63, 3.8) is 0 Å². The van der Waals surface area contributed by atoms with Crippen molar-refractivity contribution in [3.8, 4) is 0 Å². The molecule has 0 aromatic heterocycles. The van der Waals surface area contributed by atoms with Gasteiger partial charge in [0.2, 0.25) is 0 Å². The van der Waals surface area contributed by atoms with Crippen LogP contribution in [0.5, 0.6) is 0 Å². The summed E-state index contributed by atoms with van der Waals surface area (Å²) in [7, 11) is 0. The van der Waals surface area contributed by atoms with E-state index in [4.69, 9.17) is 5.11 Å². The molecule has 0 radical (unpaired) electrons. The van der Waals surface area contributed by atoms with E-state index < -0.39 is 5.97 Å². The average Bonchev–Trinajstić information content (AvgIpc) is 2.15. The van der Waals surface area contributed by atoms with Crippen LogP contribution in [-0.4, -0.2) is 17.4 Å². The van der Waals surface area contributed by atoms with Crippen LogP contribution in [0.15, 0.2) is 18.2 Å². The largest absolute Gasteiger partial charge is 0.481 e. The number of carbonyl (C=O) groups is 2. The molecule has 0 unspecified atom stereocenters. The van der Waals surface area contributed by atoms with Gasteiger partial charge in [-0.05, 0) is 25.0 Å². The van der Waals surface area contributed by atoms with Crippen molar-refractivity contribution in [2.75, 3.05) is 0 Å². The predicted octanol–water partition coefficient (Wildman–Crippen LogP) is 1.82. The molecule has 0 heterocycles. The van der Waals surface area contributed by atoms with Gasteiger partial charge in [0, 0.05) is 12.0 Å².